The number of nitrogens with zero attached hydrogens (tertiary/aromatic N) is 1. The molecule has 0 unspecified atom stereocenters. The topological polar surface area (TPSA) is 38.1 Å². The molecule has 0 saturated carbocycles. The van der Waals surface area contributed by atoms with Crippen molar-refractivity contribution in [1.82, 2.24) is 10.5 Å². The van der Waals surface area contributed by atoms with Gasteiger partial charge >= 0.3 is 0 Å². The van der Waals surface area contributed by atoms with Crippen molar-refractivity contribution in [1.29, 1.82) is 0 Å². The Morgan fingerprint density at radius 2 is 2.28 bits per heavy atom. The van der Waals surface area contributed by atoms with Crippen molar-refractivity contribution < 1.29 is 8.91 Å². The standard InChI is InChI=1S/C13H14BrFN2O/c1-2-5-16-7-9-8-17-18-13(9)11-4-3-10(15)6-12(11)14/h3-4,6,8,16H,2,5,7H2,1H3. The summed E-state index contributed by atoms with van der Waals surface area (Å²) >= 11 is 3.34. The predicted molar refractivity (Wildman–Crippen MR) is 71.6 cm³/mol. The second-order valence-corrected chi connectivity index (χ2v) is 4.84. The van der Waals surface area contributed by atoms with Crippen molar-refractivity contribution in [3.05, 3.63) is 40.2 Å². The van der Waals surface area contributed by atoms with Gasteiger partial charge in [-0.1, -0.05) is 12.1 Å². The lowest BCUT2D eigenvalue weighted by Crippen LogP contribution is -2.13. The van der Waals surface area contributed by atoms with Crippen LogP contribution in [0.25, 0.3) is 11.3 Å². The highest BCUT2D eigenvalue weighted by Gasteiger charge is 2.13. The summed E-state index contributed by atoms with van der Waals surface area (Å²) in [5.74, 6) is 0.390. The summed E-state index contributed by atoms with van der Waals surface area (Å²) in [6.45, 7) is 3.74. The molecule has 3 nitrogen and oxygen atoms in total. The van der Waals surface area contributed by atoms with E-state index < -0.39 is 0 Å². The van der Waals surface area contributed by atoms with Gasteiger partial charge in [-0.05, 0) is 47.1 Å². The van der Waals surface area contributed by atoms with Gasteiger partial charge in [-0.3, -0.25) is 0 Å². The Morgan fingerprint density at radius 3 is 3.00 bits per heavy atom. The molecule has 1 heterocycles. The van der Waals surface area contributed by atoms with Crippen LogP contribution in [0.4, 0.5) is 4.39 Å². The summed E-state index contributed by atoms with van der Waals surface area (Å²) in [6, 6.07) is 4.51. The van der Waals surface area contributed by atoms with E-state index in [1.807, 2.05) is 0 Å². The fourth-order valence-electron chi connectivity index (χ4n) is 1.68. The molecule has 0 atom stereocenters. The SMILES string of the molecule is CCCNCc1cnoc1-c1ccc(F)cc1Br. The molecule has 1 aromatic carbocycles. The number of hydrogen-bond acceptors (Lipinski definition) is 3. The molecule has 0 aliphatic carbocycles. The molecule has 5 heteroatoms. The van der Waals surface area contributed by atoms with Gasteiger partial charge in [0.25, 0.3) is 0 Å². The Bertz CT molecular complexity index is 527. The molecule has 0 spiro atoms. The van der Waals surface area contributed by atoms with Crippen molar-refractivity contribution in [3.8, 4) is 11.3 Å². The normalized spacial score (nSPS) is 10.8. The van der Waals surface area contributed by atoms with Crippen LogP contribution < -0.4 is 5.32 Å². The number of benzene rings is 1. The van der Waals surface area contributed by atoms with E-state index in [4.69, 9.17) is 4.52 Å². The van der Waals surface area contributed by atoms with Crippen LogP contribution in [0.15, 0.2) is 33.4 Å². The Labute approximate surface area is 113 Å². The molecule has 0 amide bonds. The van der Waals surface area contributed by atoms with Gasteiger partial charge in [-0.15, -0.1) is 0 Å². The van der Waals surface area contributed by atoms with Gasteiger partial charge in [-0.2, -0.15) is 0 Å². The molecule has 0 aliphatic heterocycles. The van der Waals surface area contributed by atoms with E-state index in [0.29, 0.717) is 16.8 Å². The third kappa shape index (κ3) is 2.97. The van der Waals surface area contributed by atoms with Gasteiger partial charge in [0.1, 0.15) is 5.82 Å². The molecule has 0 fully saturated rings. The zero-order valence-corrected chi connectivity index (χ0v) is 11.6. The minimum absolute atomic E-state index is 0.282. The lowest BCUT2D eigenvalue weighted by Gasteiger charge is -2.05. The zero-order chi connectivity index (χ0) is 13.0. The molecular weight excluding hydrogens is 299 g/mol. The van der Waals surface area contributed by atoms with Gasteiger partial charge in [0.2, 0.25) is 0 Å². The molecule has 18 heavy (non-hydrogen) atoms. The first-order valence-electron chi connectivity index (χ1n) is 5.82. The monoisotopic (exact) mass is 312 g/mol. The van der Waals surface area contributed by atoms with Crippen LogP contribution in [0.3, 0.4) is 0 Å². The predicted octanol–water partition coefficient (Wildman–Crippen LogP) is 3.74. The van der Waals surface area contributed by atoms with Gasteiger partial charge < -0.3 is 9.84 Å². The highest BCUT2D eigenvalue weighted by Crippen LogP contribution is 2.31. The van der Waals surface area contributed by atoms with E-state index in [9.17, 15) is 4.39 Å². The van der Waals surface area contributed by atoms with Crippen LogP contribution in [-0.2, 0) is 6.54 Å². The Morgan fingerprint density at radius 1 is 1.44 bits per heavy atom. The van der Waals surface area contributed by atoms with Gasteiger partial charge in [0.05, 0.1) is 6.20 Å². The van der Waals surface area contributed by atoms with Crippen LogP contribution in [0, 0.1) is 5.82 Å². The molecule has 0 aliphatic rings. The van der Waals surface area contributed by atoms with E-state index in [0.717, 1.165) is 24.1 Å². The highest BCUT2D eigenvalue weighted by molar-refractivity contribution is 9.10. The molecule has 0 radical (unpaired) electrons. The van der Waals surface area contributed by atoms with Crippen LogP contribution in [-0.4, -0.2) is 11.7 Å². The molecular formula is C13H14BrFN2O. The summed E-state index contributed by atoms with van der Waals surface area (Å²) in [7, 11) is 0. The van der Waals surface area contributed by atoms with E-state index in [1.54, 1.807) is 12.3 Å². The fraction of sp³-hybridized carbons (Fsp3) is 0.308. The maximum atomic E-state index is 13.0. The molecule has 1 N–H and O–H groups in total. The first kappa shape index (κ1) is 13.2. The van der Waals surface area contributed by atoms with Gasteiger partial charge in [0.15, 0.2) is 5.76 Å². The summed E-state index contributed by atoms with van der Waals surface area (Å²) < 4.78 is 19.0. The van der Waals surface area contributed by atoms with E-state index >= 15 is 0 Å². The molecule has 0 saturated heterocycles. The fourth-order valence-corrected chi connectivity index (χ4v) is 2.21. The van der Waals surface area contributed by atoms with Crippen molar-refractivity contribution in [3.63, 3.8) is 0 Å². The largest absolute Gasteiger partial charge is 0.356 e. The number of nitrogens with one attached hydrogen (secondary N) is 1. The van der Waals surface area contributed by atoms with Crippen molar-refractivity contribution in [2.24, 2.45) is 0 Å². The average molecular weight is 313 g/mol. The summed E-state index contributed by atoms with van der Waals surface area (Å²) in [4.78, 5) is 0. The quantitative estimate of drug-likeness (QED) is 0.855. The number of aromatic nitrogens is 1. The molecule has 96 valence electrons. The average Bonchev–Trinajstić information content (AvgIpc) is 2.78. The lowest BCUT2D eigenvalue weighted by atomic mass is 10.1. The summed E-state index contributed by atoms with van der Waals surface area (Å²) in [5.41, 5.74) is 1.78. The minimum atomic E-state index is -0.282. The molecule has 1 aromatic heterocycles. The first-order chi connectivity index (χ1) is 8.72. The third-order valence-electron chi connectivity index (χ3n) is 2.56. The van der Waals surface area contributed by atoms with Gasteiger partial charge in [0, 0.05) is 22.1 Å². The van der Waals surface area contributed by atoms with Crippen molar-refractivity contribution in [2.75, 3.05) is 6.54 Å². The van der Waals surface area contributed by atoms with Crippen molar-refractivity contribution in [2.45, 2.75) is 19.9 Å². The zero-order valence-electron chi connectivity index (χ0n) is 10.0. The Balaban J connectivity index is 2.25. The Hall–Kier alpha value is -1.20. The summed E-state index contributed by atoms with van der Waals surface area (Å²) in [6.07, 6.45) is 2.76. The minimum Gasteiger partial charge on any atom is -0.356 e. The third-order valence-corrected chi connectivity index (χ3v) is 3.22. The van der Waals surface area contributed by atoms with Crippen LogP contribution in [0.5, 0.6) is 0 Å². The molecule has 2 aromatic rings. The summed E-state index contributed by atoms with van der Waals surface area (Å²) in [5, 5.41) is 7.10. The second-order valence-electron chi connectivity index (χ2n) is 3.98. The van der Waals surface area contributed by atoms with Crippen molar-refractivity contribution >= 4 is 15.9 Å². The van der Waals surface area contributed by atoms with E-state index in [1.165, 1.54) is 12.1 Å². The molecule has 2 rings (SSSR count). The number of rotatable bonds is 5. The highest BCUT2D eigenvalue weighted by atomic mass is 79.9. The smallest absolute Gasteiger partial charge is 0.172 e. The van der Waals surface area contributed by atoms with Crippen LogP contribution in [0.1, 0.15) is 18.9 Å². The maximum Gasteiger partial charge on any atom is 0.172 e. The number of halogens is 2. The van der Waals surface area contributed by atoms with E-state index in [2.05, 4.69) is 33.3 Å². The Kier molecular flexibility index (Phi) is 4.49. The maximum absolute atomic E-state index is 13.0. The first-order valence-corrected chi connectivity index (χ1v) is 6.61. The molecule has 0 bridgehead atoms. The second kappa shape index (κ2) is 6.11. The number of hydrogen-bond donors (Lipinski definition) is 1. The van der Waals surface area contributed by atoms with Crippen LogP contribution >= 0.6 is 15.9 Å². The van der Waals surface area contributed by atoms with Gasteiger partial charge in [-0.25, -0.2) is 4.39 Å². The lowest BCUT2D eigenvalue weighted by molar-refractivity contribution is 0.431. The van der Waals surface area contributed by atoms with E-state index in [-0.39, 0.29) is 5.82 Å². The van der Waals surface area contributed by atoms with Crippen LogP contribution in [0.2, 0.25) is 0 Å².